The van der Waals surface area contributed by atoms with Crippen molar-refractivity contribution in [2.45, 2.75) is 37.5 Å². The van der Waals surface area contributed by atoms with Crippen molar-refractivity contribution in [2.24, 2.45) is 0 Å². The average Bonchev–Trinajstić information content (AvgIpc) is 3.01. The van der Waals surface area contributed by atoms with E-state index in [2.05, 4.69) is 10.6 Å². The van der Waals surface area contributed by atoms with Gasteiger partial charge < -0.3 is 25.2 Å². The topological polar surface area (TPSA) is 96.9 Å². The summed E-state index contributed by atoms with van der Waals surface area (Å²) in [6, 6.07) is 6.34. The van der Waals surface area contributed by atoms with Crippen molar-refractivity contribution in [1.82, 2.24) is 10.6 Å². The number of ether oxygens (including phenoxy) is 2. The molecular formula is C17H22N2O5. The van der Waals surface area contributed by atoms with Gasteiger partial charge in [-0.2, -0.15) is 0 Å². The normalized spacial score (nSPS) is 26.2. The molecule has 24 heavy (non-hydrogen) atoms. The van der Waals surface area contributed by atoms with Crippen molar-refractivity contribution < 1.29 is 24.2 Å². The number of carbonyl (C=O) groups excluding carboxylic acids is 1. The van der Waals surface area contributed by atoms with E-state index in [-0.39, 0.29) is 29.8 Å². The third-order valence-electron chi connectivity index (χ3n) is 4.52. The molecule has 2 saturated heterocycles. The van der Waals surface area contributed by atoms with Gasteiger partial charge in [-0.05, 0) is 30.5 Å². The fourth-order valence-corrected chi connectivity index (χ4v) is 3.25. The summed E-state index contributed by atoms with van der Waals surface area (Å²) in [7, 11) is 0. The van der Waals surface area contributed by atoms with Gasteiger partial charge in [-0.1, -0.05) is 12.1 Å². The molecule has 2 aliphatic heterocycles. The monoisotopic (exact) mass is 334 g/mol. The highest BCUT2D eigenvalue weighted by atomic mass is 16.6. The summed E-state index contributed by atoms with van der Waals surface area (Å²) in [5, 5.41) is 14.7. The molecule has 2 heterocycles. The van der Waals surface area contributed by atoms with Gasteiger partial charge in [0.1, 0.15) is 0 Å². The van der Waals surface area contributed by atoms with E-state index in [4.69, 9.17) is 14.6 Å². The quantitative estimate of drug-likeness (QED) is 0.776. The zero-order valence-electron chi connectivity index (χ0n) is 13.4. The molecule has 2 aliphatic rings. The summed E-state index contributed by atoms with van der Waals surface area (Å²) in [6.45, 7) is 2.20. The van der Waals surface area contributed by atoms with E-state index in [1.54, 1.807) is 18.2 Å². The summed E-state index contributed by atoms with van der Waals surface area (Å²) in [4.78, 5) is 23.1. The number of hydrogen-bond donors (Lipinski definition) is 3. The summed E-state index contributed by atoms with van der Waals surface area (Å²) in [5.74, 6) is -0.979. The Kier molecular flexibility index (Phi) is 5.01. The van der Waals surface area contributed by atoms with Crippen LogP contribution in [-0.2, 0) is 16.0 Å². The zero-order chi connectivity index (χ0) is 17.0. The van der Waals surface area contributed by atoms with Crippen molar-refractivity contribution in [2.75, 3.05) is 19.8 Å². The van der Waals surface area contributed by atoms with Gasteiger partial charge in [0.15, 0.2) is 0 Å². The predicted molar refractivity (Wildman–Crippen MR) is 85.9 cm³/mol. The lowest BCUT2D eigenvalue weighted by atomic mass is 9.90. The second-order valence-electron chi connectivity index (χ2n) is 6.36. The lowest BCUT2D eigenvalue weighted by Gasteiger charge is -2.37. The van der Waals surface area contributed by atoms with Gasteiger partial charge in [-0.25, -0.2) is 9.59 Å². The maximum Gasteiger partial charge on any atom is 0.335 e. The first-order valence-electron chi connectivity index (χ1n) is 8.15. The van der Waals surface area contributed by atoms with Crippen molar-refractivity contribution >= 4 is 12.0 Å². The van der Waals surface area contributed by atoms with Crippen LogP contribution in [0, 0.1) is 0 Å². The van der Waals surface area contributed by atoms with Crippen LogP contribution in [0.4, 0.5) is 4.79 Å². The largest absolute Gasteiger partial charge is 0.478 e. The number of rotatable bonds is 4. The molecule has 7 heteroatoms. The first-order valence-corrected chi connectivity index (χ1v) is 8.15. The molecule has 2 amide bonds. The summed E-state index contributed by atoms with van der Waals surface area (Å²) in [5.41, 5.74) is 0.714. The van der Waals surface area contributed by atoms with E-state index in [1.165, 1.54) is 6.07 Å². The molecule has 0 saturated carbocycles. The highest BCUT2D eigenvalue weighted by Crippen LogP contribution is 2.32. The van der Waals surface area contributed by atoms with Crippen molar-refractivity contribution in [3.63, 3.8) is 0 Å². The Hall–Kier alpha value is -2.12. The van der Waals surface area contributed by atoms with Gasteiger partial charge >= 0.3 is 12.0 Å². The Morgan fingerprint density at radius 1 is 1.33 bits per heavy atom. The molecule has 130 valence electrons. The van der Waals surface area contributed by atoms with E-state index >= 15 is 0 Å². The van der Waals surface area contributed by atoms with Crippen LogP contribution in [0.2, 0.25) is 0 Å². The van der Waals surface area contributed by atoms with Crippen LogP contribution in [0.3, 0.4) is 0 Å². The molecule has 0 bridgehead atoms. The Morgan fingerprint density at radius 2 is 2.21 bits per heavy atom. The minimum atomic E-state index is -0.979. The van der Waals surface area contributed by atoms with Crippen LogP contribution >= 0.6 is 0 Å². The maximum absolute atomic E-state index is 12.1. The second-order valence-corrected chi connectivity index (χ2v) is 6.36. The Labute approximate surface area is 140 Å². The maximum atomic E-state index is 12.1. The Balaban J connectivity index is 1.49. The van der Waals surface area contributed by atoms with Gasteiger partial charge in [-0.15, -0.1) is 0 Å². The van der Waals surface area contributed by atoms with Crippen LogP contribution in [0.25, 0.3) is 0 Å². The van der Waals surface area contributed by atoms with Gasteiger partial charge in [0.2, 0.25) is 0 Å². The first kappa shape index (κ1) is 16.7. The number of carboxylic acid groups (broad SMARTS) is 1. The molecule has 0 aromatic heterocycles. The number of benzene rings is 1. The Morgan fingerprint density at radius 3 is 2.96 bits per heavy atom. The third kappa shape index (κ3) is 4.04. The van der Waals surface area contributed by atoms with Crippen LogP contribution in [0.5, 0.6) is 0 Å². The summed E-state index contributed by atoms with van der Waals surface area (Å²) < 4.78 is 11.3. The van der Waals surface area contributed by atoms with Gasteiger partial charge in [0.05, 0.1) is 17.8 Å². The summed E-state index contributed by atoms with van der Waals surface area (Å²) >= 11 is 0. The van der Waals surface area contributed by atoms with Gasteiger partial charge in [0, 0.05) is 32.2 Å². The molecule has 1 aromatic carbocycles. The number of hydrogen-bond acceptors (Lipinski definition) is 4. The first-order chi connectivity index (χ1) is 11.6. The second kappa shape index (κ2) is 7.19. The van der Waals surface area contributed by atoms with Crippen molar-refractivity contribution in [3.8, 4) is 0 Å². The highest BCUT2D eigenvalue weighted by Gasteiger charge is 2.41. The van der Waals surface area contributed by atoms with E-state index in [0.29, 0.717) is 19.8 Å². The van der Waals surface area contributed by atoms with E-state index in [9.17, 15) is 9.59 Å². The van der Waals surface area contributed by atoms with Crippen LogP contribution in [0.1, 0.15) is 35.2 Å². The van der Waals surface area contributed by atoms with Crippen LogP contribution in [-0.4, -0.2) is 48.6 Å². The number of urea groups is 1. The minimum Gasteiger partial charge on any atom is -0.478 e. The van der Waals surface area contributed by atoms with Crippen molar-refractivity contribution in [1.29, 1.82) is 0 Å². The number of carboxylic acids is 1. The lowest BCUT2D eigenvalue weighted by molar-refractivity contribution is -0.0878. The summed E-state index contributed by atoms with van der Waals surface area (Å²) in [6.07, 6.45) is 2.41. The van der Waals surface area contributed by atoms with Gasteiger partial charge in [0.25, 0.3) is 0 Å². The van der Waals surface area contributed by atoms with Crippen LogP contribution in [0.15, 0.2) is 24.3 Å². The lowest BCUT2D eigenvalue weighted by Crippen LogP contribution is -2.51. The molecule has 3 N–H and O–H groups in total. The smallest absolute Gasteiger partial charge is 0.335 e. The number of amides is 2. The molecule has 0 radical (unpaired) electrons. The Bertz CT molecular complexity index is 613. The molecule has 2 unspecified atom stereocenters. The molecule has 1 spiro atoms. The predicted octanol–water partition coefficient (Wildman–Crippen LogP) is 1.52. The third-order valence-corrected chi connectivity index (χ3v) is 4.52. The standard InChI is InChI=1S/C17H22N2O5/c20-15(21)13-3-1-2-12(8-13)10-18-16(22)19-14-4-6-24-17(9-14)5-7-23-11-17/h1-3,8,14H,4-7,9-11H2,(H,20,21)(H2,18,19,22). The van der Waals surface area contributed by atoms with E-state index in [1.807, 2.05) is 0 Å². The molecule has 1 aromatic rings. The fraction of sp³-hybridized carbons (Fsp3) is 0.529. The molecule has 7 nitrogen and oxygen atoms in total. The SMILES string of the molecule is O=C(NCc1cccc(C(=O)O)c1)NC1CCOC2(CCOC2)C1. The molecule has 0 aliphatic carbocycles. The average molecular weight is 334 g/mol. The minimum absolute atomic E-state index is 0.0609. The zero-order valence-corrected chi connectivity index (χ0v) is 13.4. The van der Waals surface area contributed by atoms with Crippen molar-refractivity contribution in [3.05, 3.63) is 35.4 Å². The highest BCUT2D eigenvalue weighted by molar-refractivity contribution is 5.87. The fourth-order valence-electron chi connectivity index (χ4n) is 3.25. The van der Waals surface area contributed by atoms with E-state index in [0.717, 1.165) is 24.8 Å². The molecule has 2 atom stereocenters. The van der Waals surface area contributed by atoms with Crippen LogP contribution < -0.4 is 10.6 Å². The molecule has 3 rings (SSSR count). The number of aromatic carboxylic acids is 1. The van der Waals surface area contributed by atoms with Gasteiger partial charge in [-0.3, -0.25) is 0 Å². The number of nitrogens with one attached hydrogen (secondary N) is 2. The number of carbonyl (C=O) groups is 2. The molecule has 2 fully saturated rings. The van der Waals surface area contributed by atoms with E-state index < -0.39 is 5.97 Å². The molecular weight excluding hydrogens is 312 g/mol.